The van der Waals surface area contributed by atoms with Gasteiger partial charge < -0.3 is 33.5 Å². The van der Waals surface area contributed by atoms with Crippen LogP contribution in [0.25, 0.3) is 22.1 Å². The largest absolute Gasteiger partial charge is 0.480 e. The first kappa shape index (κ1) is 25.8. The highest BCUT2D eigenvalue weighted by Crippen LogP contribution is 2.40. The third kappa shape index (κ3) is 4.22. The number of carbonyl (C=O) groups is 1. The maximum atomic E-state index is 13.9. The van der Waals surface area contributed by atoms with Crippen molar-refractivity contribution in [3.05, 3.63) is 48.4 Å². The minimum Gasteiger partial charge on any atom is -0.480 e. The van der Waals surface area contributed by atoms with Crippen molar-refractivity contribution in [3.63, 3.8) is 0 Å². The fourth-order valence-corrected chi connectivity index (χ4v) is 5.99. The Hall–Kier alpha value is -4.10. The van der Waals surface area contributed by atoms with Gasteiger partial charge in [0.25, 0.3) is 6.43 Å². The number of para-hydroxylation sites is 1. The number of nitrogens with zero attached hydrogens (tertiary/aromatic N) is 5. The standard InChI is InChI=1S/C28H27F2N5O6/c1-15-28(13-38-14-28)39-10-9-34(15)18-6-4-8-31-26(18)40-16-11-19(27(36)37)35(12-16)25-22-21(32-24(33-25)23(29)30)17-5-2-3-7-20(17)41-22/h2-8,15-16,19,23H,9-14H2,1H3,(H,36,37)/t15-,16-,19?/m0/s1. The zero-order chi connectivity index (χ0) is 28.3. The molecule has 0 saturated carbocycles. The molecular weight excluding hydrogens is 540 g/mol. The van der Waals surface area contributed by atoms with Crippen LogP contribution in [0.1, 0.15) is 25.6 Å². The van der Waals surface area contributed by atoms with Crippen LogP contribution in [0, 0.1) is 0 Å². The monoisotopic (exact) mass is 567 g/mol. The van der Waals surface area contributed by atoms with Gasteiger partial charge in [-0.05, 0) is 31.2 Å². The van der Waals surface area contributed by atoms with Crippen LogP contribution in [-0.4, -0.2) is 82.7 Å². The third-order valence-electron chi connectivity index (χ3n) is 8.22. The van der Waals surface area contributed by atoms with Crippen molar-refractivity contribution < 1.29 is 37.3 Å². The zero-order valence-electron chi connectivity index (χ0n) is 22.1. The summed E-state index contributed by atoms with van der Waals surface area (Å²) in [4.78, 5) is 28.7. The van der Waals surface area contributed by atoms with Gasteiger partial charge in [0.1, 0.15) is 34.5 Å². The number of ether oxygens (including phenoxy) is 3. The number of fused-ring (bicyclic) bond motifs is 3. The molecule has 3 atom stereocenters. The van der Waals surface area contributed by atoms with Crippen LogP contribution in [0.15, 0.2) is 47.0 Å². The van der Waals surface area contributed by atoms with Gasteiger partial charge in [-0.25, -0.2) is 28.5 Å². The second-order valence-corrected chi connectivity index (χ2v) is 10.6. The number of furan rings is 1. The van der Waals surface area contributed by atoms with E-state index in [0.29, 0.717) is 43.2 Å². The van der Waals surface area contributed by atoms with Gasteiger partial charge in [0.05, 0.1) is 32.4 Å². The van der Waals surface area contributed by atoms with E-state index in [0.717, 1.165) is 5.69 Å². The number of carboxylic acids is 1. The summed E-state index contributed by atoms with van der Waals surface area (Å²) in [5.41, 5.74) is 1.17. The molecule has 1 N–H and O–H groups in total. The Kier molecular flexibility index (Phi) is 6.16. The Balaban J connectivity index is 1.23. The molecule has 4 aromatic rings. The number of halogens is 2. The summed E-state index contributed by atoms with van der Waals surface area (Å²) in [6.07, 6.45) is -1.88. The van der Waals surface area contributed by atoms with Crippen LogP contribution in [-0.2, 0) is 14.3 Å². The Morgan fingerprint density at radius 2 is 2.00 bits per heavy atom. The number of morpholine rings is 1. The lowest BCUT2D eigenvalue weighted by atomic mass is 9.90. The predicted molar refractivity (Wildman–Crippen MR) is 143 cm³/mol. The number of alkyl halides is 2. The average Bonchev–Trinajstić information content (AvgIpc) is 3.54. The number of carboxylic acid groups (broad SMARTS) is 1. The van der Waals surface area contributed by atoms with E-state index in [9.17, 15) is 18.7 Å². The van der Waals surface area contributed by atoms with Crippen molar-refractivity contribution >= 4 is 39.5 Å². The highest BCUT2D eigenvalue weighted by atomic mass is 19.3. The maximum Gasteiger partial charge on any atom is 0.326 e. The highest BCUT2D eigenvalue weighted by molar-refractivity contribution is 6.06. The third-order valence-corrected chi connectivity index (χ3v) is 8.22. The van der Waals surface area contributed by atoms with Gasteiger partial charge in [0.2, 0.25) is 5.88 Å². The molecule has 1 aromatic carbocycles. The topological polar surface area (TPSA) is 123 Å². The molecule has 214 valence electrons. The fourth-order valence-electron chi connectivity index (χ4n) is 5.99. The summed E-state index contributed by atoms with van der Waals surface area (Å²) in [6, 6.07) is 9.55. The molecule has 3 aliphatic heterocycles. The Bertz CT molecular complexity index is 1630. The van der Waals surface area contributed by atoms with Gasteiger partial charge >= 0.3 is 5.97 Å². The molecule has 6 heterocycles. The molecule has 1 unspecified atom stereocenters. The molecule has 0 bridgehead atoms. The van der Waals surface area contributed by atoms with Crippen LogP contribution >= 0.6 is 0 Å². The molecule has 41 heavy (non-hydrogen) atoms. The number of aliphatic carboxylic acids is 1. The summed E-state index contributed by atoms with van der Waals surface area (Å²) >= 11 is 0. The maximum absolute atomic E-state index is 13.9. The quantitative estimate of drug-likeness (QED) is 0.366. The minimum absolute atomic E-state index is 0.00134. The van der Waals surface area contributed by atoms with E-state index in [2.05, 4.69) is 26.8 Å². The Labute approximate surface area is 232 Å². The van der Waals surface area contributed by atoms with Crippen molar-refractivity contribution in [3.8, 4) is 5.88 Å². The number of pyridine rings is 1. The van der Waals surface area contributed by atoms with E-state index >= 15 is 0 Å². The van der Waals surface area contributed by atoms with Crippen molar-refractivity contribution in [1.29, 1.82) is 0 Å². The smallest absolute Gasteiger partial charge is 0.326 e. The van der Waals surface area contributed by atoms with E-state index in [1.165, 1.54) is 4.90 Å². The number of rotatable bonds is 6. The second-order valence-electron chi connectivity index (χ2n) is 10.6. The molecule has 7 rings (SSSR count). The minimum atomic E-state index is -2.96. The van der Waals surface area contributed by atoms with E-state index < -0.39 is 36.0 Å². The van der Waals surface area contributed by atoms with E-state index in [1.54, 1.807) is 30.5 Å². The summed E-state index contributed by atoms with van der Waals surface area (Å²) < 4.78 is 51.6. The number of aromatic nitrogens is 3. The lowest BCUT2D eigenvalue weighted by molar-refractivity contribution is -0.228. The predicted octanol–water partition coefficient (Wildman–Crippen LogP) is 3.81. The van der Waals surface area contributed by atoms with E-state index in [1.807, 2.05) is 12.1 Å². The van der Waals surface area contributed by atoms with Crippen LogP contribution in [0.4, 0.5) is 20.3 Å². The molecule has 11 nitrogen and oxygen atoms in total. The average molecular weight is 568 g/mol. The normalized spacial score (nSPS) is 24.0. The van der Waals surface area contributed by atoms with E-state index in [-0.39, 0.29) is 35.9 Å². The fraction of sp³-hybridized carbons (Fsp3) is 0.429. The summed E-state index contributed by atoms with van der Waals surface area (Å²) in [5.74, 6) is -1.48. The molecule has 3 aromatic heterocycles. The van der Waals surface area contributed by atoms with Gasteiger partial charge in [-0.3, -0.25) is 0 Å². The Morgan fingerprint density at radius 3 is 2.76 bits per heavy atom. The van der Waals surface area contributed by atoms with Gasteiger partial charge in [0, 0.05) is 24.5 Å². The van der Waals surface area contributed by atoms with Crippen LogP contribution in [0.2, 0.25) is 0 Å². The van der Waals surface area contributed by atoms with Gasteiger partial charge in [0.15, 0.2) is 17.2 Å². The lowest BCUT2D eigenvalue weighted by Crippen LogP contribution is -2.68. The van der Waals surface area contributed by atoms with Crippen LogP contribution in [0.5, 0.6) is 5.88 Å². The van der Waals surface area contributed by atoms with Gasteiger partial charge in [-0.2, -0.15) is 0 Å². The number of anilines is 2. The lowest BCUT2D eigenvalue weighted by Gasteiger charge is -2.53. The van der Waals surface area contributed by atoms with Crippen LogP contribution < -0.4 is 14.5 Å². The molecule has 0 aliphatic carbocycles. The Morgan fingerprint density at radius 1 is 1.17 bits per heavy atom. The summed E-state index contributed by atoms with van der Waals surface area (Å²) in [5, 5.41) is 10.7. The van der Waals surface area contributed by atoms with Crippen LogP contribution in [0.3, 0.4) is 0 Å². The van der Waals surface area contributed by atoms with Gasteiger partial charge in [-0.1, -0.05) is 12.1 Å². The van der Waals surface area contributed by atoms with Crippen molar-refractivity contribution in [2.24, 2.45) is 0 Å². The molecule has 0 amide bonds. The molecule has 3 saturated heterocycles. The number of hydrogen-bond donors (Lipinski definition) is 1. The second kappa shape index (κ2) is 9.77. The molecule has 3 aliphatic rings. The first-order valence-corrected chi connectivity index (χ1v) is 13.4. The SMILES string of the molecule is C[C@@H]1N(c2cccnc2O[C@H]2CC(C(=O)O)N(c3nc(C(F)F)nc4c3oc3ccccc34)C2)CCOC12COC2. The zero-order valence-corrected chi connectivity index (χ0v) is 22.1. The van der Waals surface area contributed by atoms with Crippen molar-refractivity contribution in [2.45, 2.75) is 43.6 Å². The first-order valence-electron chi connectivity index (χ1n) is 13.4. The van der Waals surface area contributed by atoms with Crippen molar-refractivity contribution in [1.82, 2.24) is 15.0 Å². The number of benzene rings is 1. The molecule has 13 heteroatoms. The first-order chi connectivity index (χ1) is 19.8. The summed E-state index contributed by atoms with van der Waals surface area (Å²) in [6.45, 7) is 4.30. The molecule has 0 radical (unpaired) electrons. The number of hydrogen-bond acceptors (Lipinski definition) is 10. The van der Waals surface area contributed by atoms with E-state index in [4.69, 9.17) is 18.6 Å². The highest BCUT2D eigenvalue weighted by Gasteiger charge is 2.50. The van der Waals surface area contributed by atoms with Gasteiger partial charge in [-0.15, -0.1) is 0 Å². The van der Waals surface area contributed by atoms with Crippen molar-refractivity contribution in [2.75, 3.05) is 42.7 Å². The molecule has 3 fully saturated rings. The molecule has 1 spiro atoms. The molecular formula is C28H27F2N5O6. The summed E-state index contributed by atoms with van der Waals surface area (Å²) in [7, 11) is 0.